The standard InChI is InChI=1S/C16H14O5/c1-3-13-15(20-9-18-13)5-11(1)7-17-8-12-2-4-14-16(6-12)21-10-19-14/h1-6H,7-10H2. The quantitative estimate of drug-likeness (QED) is 0.865. The highest BCUT2D eigenvalue weighted by Crippen LogP contribution is 2.34. The Morgan fingerprint density at radius 1 is 0.667 bits per heavy atom. The van der Waals surface area contributed by atoms with E-state index < -0.39 is 0 Å². The van der Waals surface area contributed by atoms with Crippen LogP contribution in [0.4, 0.5) is 0 Å². The highest BCUT2D eigenvalue weighted by Gasteiger charge is 2.14. The largest absolute Gasteiger partial charge is 0.454 e. The molecule has 0 unspecified atom stereocenters. The highest BCUT2D eigenvalue weighted by molar-refractivity contribution is 5.45. The summed E-state index contributed by atoms with van der Waals surface area (Å²) < 4.78 is 27.0. The Kier molecular flexibility index (Phi) is 3.05. The van der Waals surface area contributed by atoms with Crippen LogP contribution in [0.3, 0.4) is 0 Å². The summed E-state index contributed by atoms with van der Waals surface area (Å²) in [5, 5.41) is 0. The van der Waals surface area contributed by atoms with E-state index in [1.54, 1.807) is 0 Å². The Hall–Kier alpha value is -2.40. The van der Waals surface area contributed by atoms with Gasteiger partial charge in [-0.05, 0) is 35.4 Å². The molecule has 108 valence electrons. The van der Waals surface area contributed by atoms with Crippen molar-refractivity contribution in [2.45, 2.75) is 13.2 Å². The van der Waals surface area contributed by atoms with Gasteiger partial charge in [0.2, 0.25) is 13.6 Å². The summed E-state index contributed by atoms with van der Waals surface area (Å²) in [6, 6.07) is 11.7. The summed E-state index contributed by atoms with van der Waals surface area (Å²) in [4.78, 5) is 0. The van der Waals surface area contributed by atoms with E-state index in [1.807, 2.05) is 36.4 Å². The van der Waals surface area contributed by atoms with E-state index in [2.05, 4.69) is 0 Å². The van der Waals surface area contributed by atoms with Gasteiger partial charge in [0.25, 0.3) is 0 Å². The second-order valence-corrected chi connectivity index (χ2v) is 4.87. The van der Waals surface area contributed by atoms with Crippen molar-refractivity contribution in [2.75, 3.05) is 13.6 Å². The Balaban J connectivity index is 1.37. The lowest BCUT2D eigenvalue weighted by atomic mass is 10.2. The molecule has 0 amide bonds. The zero-order chi connectivity index (χ0) is 14.1. The van der Waals surface area contributed by atoms with Crippen LogP contribution in [0.5, 0.6) is 23.0 Å². The fraction of sp³-hybridized carbons (Fsp3) is 0.250. The fourth-order valence-electron chi connectivity index (χ4n) is 2.35. The van der Waals surface area contributed by atoms with Crippen molar-refractivity contribution in [1.29, 1.82) is 0 Å². The number of hydrogen-bond donors (Lipinski definition) is 0. The maximum atomic E-state index is 5.73. The summed E-state index contributed by atoms with van der Waals surface area (Å²) in [7, 11) is 0. The Labute approximate surface area is 122 Å². The molecule has 0 spiro atoms. The molecule has 2 heterocycles. The maximum Gasteiger partial charge on any atom is 0.231 e. The molecular formula is C16H14O5. The zero-order valence-corrected chi connectivity index (χ0v) is 11.3. The Morgan fingerprint density at radius 3 is 1.67 bits per heavy atom. The summed E-state index contributed by atoms with van der Waals surface area (Å²) in [6.07, 6.45) is 0. The van der Waals surface area contributed by atoms with Crippen LogP contribution in [0, 0.1) is 0 Å². The van der Waals surface area contributed by atoms with Gasteiger partial charge in [0, 0.05) is 0 Å². The van der Waals surface area contributed by atoms with Crippen LogP contribution in [-0.4, -0.2) is 13.6 Å². The Bertz CT molecular complexity index is 610. The molecule has 0 atom stereocenters. The predicted molar refractivity (Wildman–Crippen MR) is 73.6 cm³/mol. The number of ether oxygens (including phenoxy) is 5. The number of rotatable bonds is 4. The molecule has 2 aromatic rings. The average molecular weight is 286 g/mol. The van der Waals surface area contributed by atoms with Gasteiger partial charge in [-0.2, -0.15) is 0 Å². The number of benzene rings is 2. The molecule has 2 aromatic carbocycles. The summed E-state index contributed by atoms with van der Waals surface area (Å²) in [6.45, 7) is 1.61. The Morgan fingerprint density at radius 2 is 1.14 bits per heavy atom. The molecular weight excluding hydrogens is 272 g/mol. The minimum absolute atomic E-state index is 0.289. The molecule has 5 heteroatoms. The smallest absolute Gasteiger partial charge is 0.231 e. The summed E-state index contributed by atoms with van der Waals surface area (Å²) >= 11 is 0. The minimum atomic E-state index is 0.289. The second-order valence-electron chi connectivity index (χ2n) is 4.87. The number of hydrogen-bond acceptors (Lipinski definition) is 5. The van der Waals surface area contributed by atoms with Gasteiger partial charge in [0.1, 0.15) is 0 Å². The molecule has 0 saturated heterocycles. The van der Waals surface area contributed by atoms with Gasteiger partial charge in [0.05, 0.1) is 13.2 Å². The number of fused-ring (bicyclic) bond motifs is 2. The van der Waals surface area contributed by atoms with Gasteiger partial charge in [0.15, 0.2) is 23.0 Å². The van der Waals surface area contributed by atoms with Crippen LogP contribution in [0.25, 0.3) is 0 Å². The average Bonchev–Trinajstić information content (AvgIpc) is 3.14. The van der Waals surface area contributed by atoms with Crippen molar-refractivity contribution in [2.24, 2.45) is 0 Å². The third-order valence-corrected chi connectivity index (χ3v) is 3.41. The van der Waals surface area contributed by atoms with Crippen molar-refractivity contribution in [3.05, 3.63) is 47.5 Å². The van der Waals surface area contributed by atoms with Crippen molar-refractivity contribution in [3.63, 3.8) is 0 Å². The second kappa shape index (κ2) is 5.18. The van der Waals surface area contributed by atoms with Gasteiger partial charge < -0.3 is 23.7 Å². The van der Waals surface area contributed by atoms with Gasteiger partial charge >= 0.3 is 0 Å². The fourth-order valence-corrected chi connectivity index (χ4v) is 2.35. The molecule has 0 N–H and O–H groups in total. The lowest BCUT2D eigenvalue weighted by Gasteiger charge is -2.06. The van der Waals surface area contributed by atoms with E-state index in [9.17, 15) is 0 Å². The van der Waals surface area contributed by atoms with Gasteiger partial charge in [-0.3, -0.25) is 0 Å². The van der Waals surface area contributed by atoms with Crippen LogP contribution in [-0.2, 0) is 18.0 Å². The molecule has 0 aromatic heterocycles. The van der Waals surface area contributed by atoms with Crippen LogP contribution in [0.15, 0.2) is 36.4 Å². The van der Waals surface area contributed by atoms with Gasteiger partial charge in [-0.15, -0.1) is 0 Å². The first kappa shape index (κ1) is 12.3. The molecule has 0 fully saturated rings. The highest BCUT2D eigenvalue weighted by atomic mass is 16.7. The van der Waals surface area contributed by atoms with Crippen LogP contribution >= 0.6 is 0 Å². The van der Waals surface area contributed by atoms with Gasteiger partial charge in [-0.25, -0.2) is 0 Å². The first-order chi connectivity index (χ1) is 10.4. The van der Waals surface area contributed by atoms with Crippen molar-refractivity contribution < 1.29 is 23.7 Å². The molecule has 2 aliphatic rings. The predicted octanol–water partition coefficient (Wildman–Crippen LogP) is 2.86. The SMILES string of the molecule is c1cc2c(cc1COCc1ccc3c(c1)OCO3)OCO2. The lowest BCUT2D eigenvalue weighted by molar-refractivity contribution is 0.107. The molecule has 0 aliphatic carbocycles. The van der Waals surface area contributed by atoms with Gasteiger partial charge in [-0.1, -0.05) is 12.1 Å². The van der Waals surface area contributed by atoms with Crippen molar-refractivity contribution >= 4 is 0 Å². The van der Waals surface area contributed by atoms with E-state index in [1.165, 1.54) is 0 Å². The van der Waals surface area contributed by atoms with E-state index >= 15 is 0 Å². The first-order valence-electron chi connectivity index (χ1n) is 6.73. The molecule has 0 bridgehead atoms. The minimum Gasteiger partial charge on any atom is -0.454 e. The molecule has 2 aliphatic heterocycles. The monoisotopic (exact) mass is 286 g/mol. The summed E-state index contributed by atoms with van der Waals surface area (Å²) in [5.41, 5.74) is 2.11. The van der Waals surface area contributed by atoms with Crippen molar-refractivity contribution in [3.8, 4) is 23.0 Å². The normalized spacial score (nSPS) is 14.5. The lowest BCUT2D eigenvalue weighted by Crippen LogP contribution is -1.95. The van der Waals surface area contributed by atoms with E-state index in [4.69, 9.17) is 23.7 Å². The molecule has 21 heavy (non-hydrogen) atoms. The molecule has 5 nitrogen and oxygen atoms in total. The molecule has 0 radical (unpaired) electrons. The maximum absolute atomic E-state index is 5.73. The first-order valence-corrected chi connectivity index (χ1v) is 6.73. The van der Waals surface area contributed by atoms with E-state index in [0.29, 0.717) is 13.2 Å². The van der Waals surface area contributed by atoms with E-state index in [0.717, 1.165) is 34.1 Å². The third-order valence-electron chi connectivity index (χ3n) is 3.41. The summed E-state index contributed by atoms with van der Waals surface area (Å²) in [5.74, 6) is 3.13. The van der Waals surface area contributed by atoms with Crippen molar-refractivity contribution in [1.82, 2.24) is 0 Å². The molecule has 4 rings (SSSR count). The van der Waals surface area contributed by atoms with E-state index in [-0.39, 0.29) is 13.6 Å². The zero-order valence-electron chi connectivity index (χ0n) is 11.3. The van der Waals surface area contributed by atoms with Crippen LogP contribution < -0.4 is 18.9 Å². The van der Waals surface area contributed by atoms with Crippen LogP contribution in [0.1, 0.15) is 11.1 Å². The topological polar surface area (TPSA) is 46.2 Å². The van der Waals surface area contributed by atoms with Crippen LogP contribution in [0.2, 0.25) is 0 Å². The third kappa shape index (κ3) is 2.48. The molecule has 0 saturated carbocycles.